The highest BCUT2D eigenvalue weighted by Gasteiger charge is 2.15. The van der Waals surface area contributed by atoms with E-state index < -0.39 is 0 Å². The van der Waals surface area contributed by atoms with Crippen molar-refractivity contribution in [3.8, 4) is 11.5 Å². The van der Waals surface area contributed by atoms with E-state index >= 15 is 0 Å². The van der Waals surface area contributed by atoms with Gasteiger partial charge in [0.15, 0.2) is 0 Å². The molecular weight excluding hydrogens is 380 g/mol. The highest BCUT2D eigenvalue weighted by Crippen LogP contribution is 2.30. The number of amides is 1. The van der Waals surface area contributed by atoms with Crippen LogP contribution in [0.25, 0.3) is 22.4 Å². The second-order valence-electron chi connectivity index (χ2n) is 5.66. The number of para-hydroxylation sites is 2. The summed E-state index contributed by atoms with van der Waals surface area (Å²) in [4.78, 5) is 16.4. The number of H-pyrrole nitrogens is 1. The molecular formula is C19H16N4O2S2. The largest absolute Gasteiger partial charge is 0.411 e. The predicted octanol–water partition coefficient (Wildman–Crippen LogP) is 4.67. The molecule has 2 aromatic carbocycles. The van der Waals surface area contributed by atoms with E-state index in [-0.39, 0.29) is 11.7 Å². The average molecular weight is 396 g/mol. The summed E-state index contributed by atoms with van der Waals surface area (Å²) in [6.45, 7) is 0. The Bertz CT molecular complexity index is 1090. The molecule has 4 rings (SSSR count). The first kappa shape index (κ1) is 17.7. The molecule has 0 saturated heterocycles. The molecule has 1 amide bonds. The lowest BCUT2D eigenvalue weighted by atomic mass is 10.2. The van der Waals surface area contributed by atoms with E-state index in [0.717, 1.165) is 27.0 Å². The first-order valence-corrected chi connectivity index (χ1v) is 10.4. The fourth-order valence-corrected chi connectivity index (χ4v) is 3.80. The molecule has 0 aliphatic heterocycles. The van der Waals surface area contributed by atoms with Crippen LogP contribution in [0.2, 0.25) is 0 Å². The second-order valence-corrected chi connectivity index (χ2v) is 7.43. The standard InChI is InChI=1S/C19H16N4O2S2/c1-26-16-9-5-4-8-15(16)21-17(24)11-27-19-23-22-18(25-19)13-10-20-14-7-3-2-6-12(13)14/h2-10,20H,11H2,1H3,(H,21,24). The van der Waals surface area contributed by atoms with E-state index in [2.05, 4.69) is 20.5 Å². The van der Waals surface area contributed by atoms with Gasteiger partial charge in [0, 0.05) is 22.0 Å². The number of nitrogens with zero attached hydrogens (tertiary/aromatic N) is 2. The van der Waals surface area contributed by atoms with Gasteiger partial charge >= 0.3 is 0 Å². The van der Waals surface area contributed by atoms with Crippen molar-refractivity contribution in [2.24, 2.45) is 0 Å². The van der Waals surface area contributed by atoms with Gasteiger partial charge in [0.25, 0.3) is 11.1 Å². The third-order valence-electron chi connectivity index (χ3n) is 3.93. The lowest BCUT2D eigenvalue weighted by molar-refractivity contribution is -0.113. The Balaban J connectivity index is 1.42. The van der Waals surface area contributed by atoms with Gasteiger partial charge in [-0.2, -0.15) is 0 Å². The maximum absolute atomic E-state index is 12.2. The summed E-state index contributed by atoms with van der Waals surface area (Å²) < 4.78 is 5.72. The highest BCUT2D eigenvalue weighted by atomic mass is 32.2. The van der Waals surface area contributed by atoms with Crippen LogP contribution in [0.5, 0.6) is 0 Å². The second kappa shape index (κ2) is 7.89. The summed E-state index contributed by atoms with van der Waals surface area (Å²) in [5.74, 6) is 0.509. The van der Waals surface area contributed by atoms with E-state index in [0.29, 0.717) is 11.1 Å². The van der Waals surface area contributed by atoms with E-state index in [1.54, 1.807) is 11.8 Å². The van der Waals surface area contributed by atoms with Crippen LogP contribution in [0, 0.1) is 0 Å². The maximum Gasteiger partial charge on any atom is 0.277 e. The van der Waals surface area contributed by atoms with Crippen molar-refractivity contribution >= 4 is 46.0 Å². The number of carbonyl (C=O) groups excluding carboxylic acids is 1. The lowest BCUT2D eigenvalue weighted by Crippen LogP contribution is -2.14. The quantitative estimate of drug-likeness (QED) is 0.461. The van der Waals surface area contributed by atoms with E-state index in [9.17, 15) is 4.79 Å². The zero-order valence-corrected chi connectivity index (χ0v) is 16.1. The molecule has 136 valence electrons. The van der Waals surface area contributed by atoms with Gasteiger partial charge in [-0.05, 0) is 24.5 Å². The Hall–Kier alpha value is -2.71. The van der Waals surface area contributed by atoms with Gasteiger partial charge in [-0.15, -0.1) is 22.0 Å². The average Bonchev–Trinajstić information content (AvgIpc) is 3.33. The smallest absolute Gasteiger partial charge is 0.277 e. The maximum atomic E-state index is 12.2. The first-order valence-electron chi connectivity index (χ1n) is 8.20. The molecule has 2 aromatic heterocycles. The Labute approximate surface area is 164 Å². The summed E-state index contributed by atoms with van der Waals surface area (Å²) in [6.07, 6.45) is 3.82. The summed E-state index contributed by atoms with van der Waals surface area (Å²) in [5.41, 5.74) is 2.66. The van der Waals surface area contributed by atoms with Crippen LogP contribution in [0.4, 0.5) is 5.69 Å². The fraction of sp³-hybridized carbons (Fsp3) is 0.105. The normalized spacial score (nSPS) is 11.0. The van der Waals surface area contributed by atoms with Crippen molar-refractivity contribution in [3.63, 3.8) is 0 Å². The lowest BCUT2D eigenvalue weighted by Gasteiger charge is -2.08. The van der Waals surface area contributed by atoms with Crippen molar-refractivity contribution in [2.45, 2.75) is 10.1 Å². The van der Waals surface area contributed by atoms with Crippen LogP contribution in [0.15, 0.2) is 69.3 Å². The zero-order valence-electron chi connectivity index (χ0n) is 14.4. The summed E-state index contributed by atoms with van der Waals surface area (Å²) in [7, 11) is 0. The van der Waals surface area contributed by atoms with Crippen molar-refractivity contribution in [2.75, 3.05) is 17.3 Å². The number of hydrogen-bond donors (Lipinski definition) is 2. The molecule has 2 heterocycles. The highest BCUT2D eigenvalue weighted by molar-refractivity contribution is 7.99. The van der Waals surface area contributed by atoms with Gasteiger partial charge in [-0.3, -0.25) is 4.79 Å². The number of anilines is 1. The monoisotopic (exact) mass is 396 g/mol. The number of thioether (sulfide) groups is 2. The van der Waals surface area contributed by atoms with E-state index in [1.807, 2.05) is 61.0 Å². The molecule has 0 saturated carbocycles. The number of rotatable bonds is 6. The molecule has 0 aliphatic rings. The van der Waals surface area contributed by atoms with Crippen LogP contribution >= 0.6 is 23.5 Å². The first-order chi connectivity index (χ1) is 13.2. The Morgan fingerprint density at radius 3 is 2.85 bits per heavy atom. The molecule has 0 bridgehead atoms. The molecule has 0 atom stereocenters. The van der Waals surface area contributed by atoms with Crippen molar-refractivity contribution in [1.29, 1.82) is 0 Å². The SMILES string of the molecule is CSc1ccccc1NC(=O)CSc1nnc(-c2c[nH]c3ccccc23)o1. The van der Waals surface area contributed by atoms with Crippen LogP contribution in [-0.2, 0) is 4.79 Å². The van der Waals surface area contributed by atoms with Crippen molar-refractivity contribution in [3.05, 3.63) is 54.7 Å². The minimum absolute atomic E-state index is 0.117. The number of hydrogen-bond acceptors (Lipinski definition) is 6. The molecule has 0 radical (unpaired) electrons. The fourth-order valence-electron chi connectivity index (χ4n) is 2.69. The molecule has 8 heteroatoms. The molecule has 0 aliphatic carbocycles. The van der Waals surface area contributed by atoms with Crippen LogP contribution < -0.4 is 5.32 Å². The van der Waals surface area contributed by atoms with Crippen molar-refractivity contribution in [1.82, 2.24) is 15.2 Å². The molecule has 2 N–H and O–H groups in total. The molecule has 0 fully saturated rings. The van der Waals surface area contributed by atoms with Crippen LogP contribution in [-0.4, -0.2) is 33.1 Å². The number of aromatic nitrogens is 3. The summed E-state index contributed by atoms with van der Waals surface area (Å²) in [6, 6.07) is 15.6. The predicted molar refractivity (Wildman–Crippen MR) is 109 cm³/mol. The molecule has 4 aromatic rings. The molecule has 6 nitrogen and oxygen atoms in total. The van der Waals surface area contributed by atoms with Gasteiger partial charge < -0.3 is 14.7 Å². The van der Waals surface area contributed by atoms with Gasteiger partial charge in [-0.1, -0.05) is 42.1 Å². The van der Waals surface area contributed by atoms with E-state index in [1.165, 1.54) is 11.8 Å². The number of carbonyl (C=O) groups is 1. The van der Waals surface area contributed by atoms with Gasteiger partial charge in [0.1, 0.15) is 0 Å². The zero-order chi connectivity index (χ0) is 18.6. The third-order valence-corrected chi connectivity index (χ3v) is 5.55. The molecule has 0 spiro atoms. The number of nitrogens with one attached hydrogen (secondary N) is 2. The molecule has 27 heavy (non-hydrogen) atoms. The van der Waals surface area contributed by atoms with Crippen molar-refractivity contribution < 1.29 is 9.21 Å². The van der Waals surface area contributed by atoms with E-state index in [4.69, 9.17) is 4.42 Å². The van der Waals surface area contributed by atoms with Gasteiger partial charge in [-0.25, -0.2) is 0 Å². The minimum Gasteiger partial charge on any atom is -0.411 e. The van der Waals surface area contributed by atoms with Crippen LogP contribution in [0.1, 0.15) is 0 Å². The Kier molecular flexibility index (Phi) is 5.17. The van der Waals surface area contributed by atoms with Gasteiger partial charge in [0.05, 0.1) is 17.0 Å². The summed E-state index contributed by atoms with van der Waals surface area (Å²) >= 11 is 2.80. The van der Waals surface area contributed by atoms with Gasteiger partial charge in [0.2, 0.25) is 5.91 Å². The Morgan fingerprint density at radius 1 is 1.15 bits per heavy atom. The number of fused-ring (bicyclic) bond motifs is 1. The minimum atomic E-state index is -0.117. The topological polar surface area (TPSA) is 83.8 Å². The number of aromatic amines is 1. The summed E-state index contributed by atoms with van der Waals surface area (Å²) in [5, 5.41) is 12.4. The third kappa shape index (κ3) is 3.86. The number of benzene rings is 2. The van der Waals surface area contributed by atoms with Crippen LogP contribution in [0.3, 0.4) is 0 Å². The molecule has 0 unspecified atom stereocenters. The Morgan fingerprint density at radius 2 is 1.96 bits per heavy atom.